The summed E-state index contributed by atoms with van der Waals surface area (Å²) in [6.07, 6.45) is 3.40. The number of hydrogen-bond donors (Lipinski definition) is 1. The van der Waals surface area contributed by atoms with Crippen molar-refractivity contribution in [2.75, 3.05) is 27.4 Å². The molecule has 0 atom stereocenters. The molecule has 8 nitrogen and oxygen atoms in total. The second-order valence-electron chi connectivity index (χ2n) is 6.94. The molecule has 0 aromatic heterocycles. The molecule has 0 saturated carbocycles. The Balaban J connectivity index is 1.81. The summed E-state index contributed by atoms with van der Waals surface area (Å²) in [5.74, 6) is 1.07. The molecule has 0 heterocycles. The molecular weight excluding hydrogens is 412 g/mol. The Labute approximate surface area is 188 Å². The second kappa shape index (κ2) is 13.0. The number of carbonyl (C=O) groups is 2. The van der Waals surface area contributed by atoms with Gasteiger partial charge in [0.2, 0.25) is 5.91 Å². The van der Waals surface area contributed by atoms with E-state index in [1.807, 2.05) is 25.1 Å². The van der Waals surface area contributed by atoms with E-state index < -0.39 is 5.97 Å². The predicted octanol–water partition coefficient (Wildman–Crippen LogP) is 3.43. The van der Waals surface area contributed by atoms with E-state index in [1.54, 1.807) is 32.2 Å². The number of carbonyl (C=O) groups excluding carboxylic acids is 2. The maximum absolute atomic E-state index is 12.1. The van der Waals surface area contributed by atoms with Crippen LogP contribution in [0.4, 0.5) is 0 Å². The van der Waals surface area contributed by atoms with Crippen LogP contribution in [0.25, 0.3) is 0 Å². The molecule has 0 saturated heterocycles. The fourth-order valence-corrected chi connectivity index (χ4v) is 2.97. The SMILES string of the molecule is CCOC(=O)COc1ccc(/C=N\NC(=O)CCCc2ccc(OC)cc2C)cc1OC. The molecule has 0 bridgehead atoms. The van der Waals surface area contributed by atoms with E-state index in [-0.39, 0.29) is 12.5 Å². The zero-order chi connectivity index (χ0) is 23.3. The average Bonchev–Trinajstić information content (AvgIpc) is 2.79. The molecule has 2 rings (SSSR count). The summed E-state index contributed by atoms with van der Waals surface area (Å²) in [5.41, 5.74) is 5.58. The van der Waals surface area contributed by atoms with Crippen molar-refractivity contribution in [1.82, 2.24) is 5.43 Å². The van der Waals surface area contributed by atoms with E-state index >= 15 is 0 Å². The number of methoxy groups -OCH3 is 2. The lowest BCUT2D eigenvalue weighted by Crippen LogP contribution is -2.17. The molecule has 0 fully saturated rings. The third kappa shape index (κ3) is 7.94. The molecular formula is C24H30N2O6. The zero-order valence-electron chi connectivity index (χ0n) is 19.0. The minimum atomic E-state index is -0.454. The highest BCUT2D eigenvalue weighted by molar-refractivity contribution is 5.83. The summed E-state index contributed by atoms with van der Waals surface area (Å²) >= 11 is 0. The van der Waals surface area contributed by atoms with Crippen LogP contribution in [0.5, 0.6) is 17.2 Å². The van der Waals surface area contributed by atoms with Gasteiger partial charge >= 0.3 is 5.97 Å². The molecule has 0 aliphatic heterocycles. The van der Waals surface area contributed by atoms with Gasteiger partial charge in [-0.3, -0.25) is 4.79 Å². The van der Waals surface area contributed by atoms with Crippen molar-refractivity contribution in [3.8, 4) is 17.2 Å². The molecule has 1 amide bonds. The van der Waals surface area contributed by atoms with Crippen molar-refractivity contribution in [2.45, 2.75) is 33.1 Å². The lowest BCUT2D eigenvalue weighted by molar-refractivity contribution is -0.145. The standard InChI is InChI=1S/C24H30N2O6/c1-5-31-24(28)16-32-21-12-9-18(14-22(21)30-4)15-25-26-23(27)8-6-7-19-10-11-20(29-3)13-17(19)2/h9-15H,5-8,16H2,1-4H3,(H,26,27)/b25-15-. The van der Waals surface area contributed by atoms with Gasteiger partial charge in [-0.1, -0.05) is 6.07 Å². The van der Waals surface area contributed by atoms with Gasteiger partial charge in [0.15, 0.2) is 18.1 Å². The fourth-order valence-electron chi connectivity index (χ4n) is 2.97. The van der Waals surface area contributed by atoms with E-state index in [9.17, 15) is 9.59 Å². The average molecular weight is 443 g/mol. The van der Waals surface area contributed by atoms with E-state index in [0.717, 1.165) is 24.2 Å². The van der Waals surface area contributed by atoms with Crippen LogP contribution >= 0.6 is 0 Å². The normalized spacial score (nSPS) is 10.6. The number of rotatable bonds is 12. The Hall–Kier alpha value is -3.55. The van der Waals surface area contributed by atoms with Crippen LogP contribution in [0, 0.1) is 6.92 Å². The Morgan fingerprint density at radius 1 is 1.06 bits per heavy atom. The van der Waals surface area contributed by atoms with Crippen molar-refractivity contribution >= 4 is 18.1 Å². The van der Waals surface area contributed by atoms with Crippen molar-refractivity contribution in [3.63, 3.8) is 0 Å². The van der Waals surface area contributed by atoms with Gasteiger partial charge in [-0.05, 0) is 73.7 Å². The first kappa shape index (κ1) is 24.7. The first-order valence-corrected chi connectivity index (χ1v) is 10.4. The number of nitrogens with zero attached hydrogens (tertiary/aromatic N) is 1. The quantitative estimate of drug-likeness (QED) is 0.307. The molecule has 0 unspecified atom stereocenters. The Morgan fingerprint density at radius 2 is 1.88 bits per heavy atom. The number of amides is 1. The highest BCUT2D eigenvalue weighted by Gasteiger charge is 2.09. The van der Waals surface area contributed by atoms with Crippen molar-refractivity contribution < 1.29 is 28.5 Å². The second-order valence-corrected chi connectivity index (χ2v) is 6.94. The third-order valence-corrected chi connectivity index (χ3v) is 4.64. The largest absolute Gasteiger partial charge is 0.497 e. The van der Waals surface area contributed by atoms with Crippen molar-refractivity contribution in [2.24, 2.45) is 5.10 Å². The Morgan fingerprint density at radius 3 is 2.56 bits per heavy atom. The van der Waals surface area contributed by atoms with E-state index in [4.69, 9.17) is 18.9 Å². The van der Waals surface area contributed by atoms with Gasteiger partial charge < -0.3 is 18.9 Å². The molecule has 2 aromatic rings. The number of benzene rings is 2. The van der Waals surface area contributed by atoms with Gasteiger partial charge in [0.05, 0.1) is 27.0 Å². The molecule has 2 aromatic carbocycles. The molecule has 1 N–H and O–H groups in total. The molecule has 32 heavy (non-hydrogen) atoms. The summed E-state index contributed by atoms with van der Waals surface area (Å²) in [7, 11) is 3.14. The summed E-state index contributed by atoms with van der Waals surface area (Å²) in [6.45, 7) is 3.85. The number of aryl methyl sites for hydroxylation is 2. The molecule has 0 aliphatic carbocycles. The van der Waals surface area contributed by atoms with Gasteiger partial charge in [0.25, 0.3) is 0 Å². The molecule has 0 radical (unpaired) electrons. The predicted molar refractivity (Wildman–Crippen MR) is 122 cm³/mol. The van der Waals surface area contributed by atoms with Crippen LogP contribution in [-0.2, 0) is 20.7 Å². The minimum Gasteiger partial charge on any atom is -0.497 e. The maximum atomic E-state index is 12.1. The van der Waals surface area contributed by atoms with Gasteiger partial charge in [-0.25, -0.2) is 10.2 Å². The number of hydrazone groups is 1. The highest BCUT2D eigenvalue weighted by Crippen LogP contribution is 2.27. The first-order chi connectivity index (χ1) is 15.5. The van der Waals surface area contributed by atoms with E-state index in [0.29, 0.717) is 30.1 Å². The Bertz CT molecular complexity index is 942. The number of hydrogen-bond acceptors (Lipinski definition) is 7. The first-order valence-electron chi connectivity index (χ1n) is 10.4. The molecule has 172 valence electrons. The number of esters is 1. The van der Waals surface area contributed by atoms with Gasteiger partial charge in [-0.15, -0.1) is 0 Å². The number of nitrogens with one attached hydrogen (secondary N) is 1. The lowest BCUT2D eigenvalue weighted by atomic mass is 10.0. The number of ether oxygens (including phenoxy) is 4. The van der Waals surface area contributed by atoms with Gasteiger partial charge in [0, 0.05) is 6.42 Å². The van der Waals surface area contributed by atoms with E-state index in [1.165, 1.54) is 18.9 Å². The van der Waals surface area contributed by atoms with Crippen molar-refractivity contribution in [3.05, 3.63) is 53.1 Å². The minimum absolute atomic E-state index is 0.159. The molecule has 0 spiro atoms. The molecule has 8 heteroatoms. The van der Waals surface area contributed by atoms with Crippen LogP contribution < -0.4 is 19.6 Å². The summed E-state index contributed by atoms with van der Waals surface area (Å²) in [5, 5.41) is 4.00. The maximum Gasteiger partial charge on any atom is 0.344 e. The van der Waals surface area contributed by atoms with Gasteiger partial charge in [0.1, 0.15) is 5.75 Å². The van der Waals surface area contributed by atoms with Crippen LogP contribution in [0.15, 0.2) is 41.5 Å². The zero-order valence-corrected chi connectivity index (χ0v) is 19.0. The fraction of sp³-hybridized carbons (Fsp3) is 0.375. The van der Waals surface area contributed by atoms with Crippen molar-refractivity contribution in [1.29, 1.82) is 0 Å². The van der Waals surface area contributed by atoms with Gasteiger partial charge in [-0.2, -0.15) is 5.10 Å². The topological polar surface area (TPSA) is 95.5 Å². The van der Waals surface area contributed by atoms with Crippen LogP contribution in [0.3, 0.4) is 0 Å². The summed E-state index contributed by atoms with van der Waals surface area (Å²) in [4.78, 5) is 23.5. The van der Waals surface area contributed by atoms with Crippen LogP contribution in [-0.4, -0.2) is 45.5 Å². The summed E-state index contributed by atoms with van der Waals surface area (Å²) in [6, 6.07) is 11.0. The van der Waals surface area contributed by atoms with Crippen LogP contribution in [0.1, 0.15) is 36.5 Å². The summed E-state index contributed by atoms with van der Waals surface area (Å²) < 4.78 is 20.8. The highest BCUT2D eigenvalue weighted by atomic mass is 16.6. The lowest BCUT2D eigenvalue weighted by Gasteiger charge is -2.10. The molecule has 0 aliphatic rings. The van der Waals surface area contributed by atoms with E-state index in [2.05, 4.69) is 10.5 Å². The Kier molecular flexibility index (Phi) is 10.0. The monoisotopic (exact) mass is 442 g/mol. The third-order valence-electron chi connectivity index (χ3n) is 4.64. The smallest absolute Gasteiger partial charge is 0.344 e. The van der Waals surface area contributed by atoms with Crippen LogP contribution in [0.2, 0.25) is 0 Å².